The number of pyridine rings is 1. The van der Waals surface area contributed by atoms with Crippen LogP contribution >= 0.6 is 0 Å². The lowest BCUT2D eigenvalue weighted by Gasteiger charge is -2.37. The van der Waals surface area contributed by atoms with Crippen LogP contribution in [0.3, 0.4) is 0 Å². The van der Waals surface area contributed by atoms with Crippen molar-refractivity contribution in [3.63, 3.8) is 0 Å². The number of nitrogens with zero attached hydrogens (tertiary/aromatic N) is 2. The van der Waals surface area contributed by atoms with Gasteiger partial charge in [0.1, 0.15) is 11.5 Å². The predicted molar refractivity (Wildman–Crippen MR) is 100.0 cm³/mol. The maximum atomic E-state index is 12.7. The van der Waals surface area contributed by atoms with Gasteiger partial charge in [-0.25, -0.2) is 0 Å². The molecule has 3 fully saturated rings. The van der Waals surface area contributed by atoms with Crippen molar-refractivity contribution < 1.29 is 17.7 Å². The number of halogens is 3. The fourth-order valence-corrected chi connectivity index (χ4v) is 6.65. The van der Waals surface area contributed by atoms with Crippen LogP contribution in [0.1, 0.15) is 62.1 Å². The summed E-state index contributed by atoms with van der Waals surface area (Å²) in [6.07, 6.45) is 4.25. The maximum Gasteiger partial charge on any atom is 0.417 e. The van der Waals surface area contributed by atoms with E-state index in [-0.39, 0.29) is 5.92 Å². The molecule has 3 aliphatic rings. The van der Waals surface area contributed by atoms with Crippen LogP contribution in [0, 0.1) is 5.41 Å². The highest BCUT2D eigenvalue weighted by Crippen LogP contribution is 2.44. The first-order chi connectivity index (χ1) is 12.8. The van der Waals surface area contributed by atoms with Gasteiger partial charge >= 0.3 is 6.18 Å². The summed E-state index contributed by atoms with van der Waals surface area (Å²) >= 11 is -0.607. The van der Waals surface area contributed by atoms with Gasteiger partial charge in [-0.3, -0.25) is 9.88 Å². The maximum absolute atomic E-state index is 12.7. The van der Waals surface area contributed by atoms with Gasteiger partial charge < -0.3 is 4.55 Å². The number of hydrogen-bond acceptors (Lipinski definition) is 3. The van der Waals surface area contributed by atoms with Crippen LogP contribution in [-0.4, -0.2) is 45.1 Å². The zero-order valence-electron chi connectivity index (χ0n) is 15.5. The normalized spacial score (nSPS) is 35.6. The Kier molecular flexibility index (Phi) is 5.47. The number of rotatable bonds is 2. The molecule has 4 rings (SSSR count). The van der Waals surface area contributed by atoms with E-state index in [4.69, 9.17) is 0 Å². The lowest BCUT2D eigenvalue weighted by Crippen LogP contribution is -2.40. The molecule has 0 unspecified atom stereocenters. The van der Waals surface area contributed by atoms with E-state index in [2.05, 4.69) is 9.88 Å². The fourth-order valence-electron chi connectivity index (χ4n) is 5.13. The van der Waals surface area contributed by atoms with E-state index < -0.39 is 22.9 Å². The van der Waals surface area contributed by atoms with Crippen LogP contribution in [0.2, 0.25) is 0 Å². The Bertz CT molecular complexity index is 636. The molecule has 150 valence electrons. The smallest absolute Gasteiger partial charge is 0.417 e. The van der Waals surface area contributed by atoms with E-state index in [0.717, 1.165) is 81.1 Å². The number of alkyl halides is 3. The second kappa shape index (κ2) is 7.56. The third-order valence-electron chi connectivity index (χ3n) is 6.93. The van der Waals surface area contributed by atoms with Crippen molar-refractivity contribution >= 4 is 11.2 Å². The third kappa shape index (κ3) is 4.30. The molecule has 0 bridgehead atoms. The van der Waals surface area contributed by atoms with E-state index in [1.165, 1.54) is 6.42 Å². The topological polar surface area (TPSA) is 39.2 Å². The van der Waals surface area contributed by atoms with E-state index in [1.807, 2.05) is 0 Å². The van der Waals surface area contributed by atoms with Crippen LogP contribution < -0.4 is 0 Å². The Labute approximate surface area is 161 Å². The molecule has 2 saturated heterocycles. The Balaban J connectivity index is 1.30. The summed E-state index contributed by atoms with van der Waals surface area (Å²) in [7, 11) is 0. The van der Waals surface area contributed by atoms with E-state index in [9.17, 15) is 17.7 Å². The molecule has 7 heteroatoms. The van der Waals surface area contributed by atoms with Crippen molar-refractivity contribution in [2.45, 2.75) is 63.1 Å². The molecule has 2 aliphatic heterocycles. The van der Waals surface area contributed by atoms with Crippen LogP contribution in [-0.2, 0) is 17.4 Å². The minimum Gasteiger partial charge on any atom is -0.616 e. The SMILES string of the molecule is [O-][S+]1CCC2(CCN(C3CCC(c4ccc(C(F)(F)F)cn4)CC3)C2)CC1. The van der Waals surface area contributed by atoms with E-state index in [1.54, 1.807) is 6.07 Å². The highest BCUT2D eigenvalue weighted by atomic mass is 32.2. The summed E-state index contributed by atoms with van der Waals surface area (Å²) < 4.78 is 49.7. The number of hydrogen-bond donors (Lipinski definition) is 0. The zero-order chi connectivity index (χ0) is 19.1. The number of likely N-dealkylation sites (tertiary alicyclic amines) is 1. The summed E-state index contributed by atoms with van der Waals surface area (Å²) in [6.45, 7) is 2.28. The molecule has 0 N–H and O–H groups in total. The molecule has 1 aromatic rings. The first-order valence-corrected chi connectivity index (χ1v) is 11.5. The van der Waals surface area contributed by atoms with E-state index >= 15 is 0 Å². The summed E-state index contributed by atoms with van der Waals surface area (Å²) in [6, 6.07) is 3.30. The summed E-state index contributed by atoms with van der Waals surface area (Å²) in [5, 5.41) is 0. The molecule has 3 heterocycles. The van der Waals surface area contributed by atoms with Crippen molar-refractivity contribution in [1.29, 1.82) is 0 Å². The Morgan fingerprint density at radius 3 is 2.37 bits per heavy atom. The Hall–Kier alpha value is -0.790. The molecule has 0 amide bonds. The molecule has 27 heavy (non-hydrogen) atoms. The largest absolute Gasteiger partial charge is 0.616 e. The highest BCUT2D eigenvalue weighted by molar-refractivity contribution is 7.91. The van der Waals surface area contributed by atoms with Gasteiger partial charge in [-0.15, -0.1) is 0 Å². The first-order valence-electron chi connectivity index (χ1n) is 9.97. The van der Waals surface area contributed by atoms with Gasteiger partial charge in [-0.2, -0.15) is 13.2 Å². The molecule has 0 radical (unpaired) electrons. The molecular weight excluding hydrogens is 373 g/mol. The molecule has 1 aliphatic carbocycles. The quantitative estimate of drug-likeness (QED) is 0.693. The second-order valence-electron chi connectivity index (χ2n) is 8.54. The predicted octanol–water partition coefficient (Wildman–Crippen LogP) is 4.36. The molecule has 1 saturated carbocycles. The first kappa shape index (κ1) is 19.5. The monoisotopic (exact) mass is 400 g/mol. The zero-order valence-corrected chi connectivity index (χ0v) is 16.3. The molecule has 1 spiro atoms. The van der Waals surface area contributed by atoms with Crippen LogP contribution in [0.5, 0.6) is 0 Å². The summed E-state index contributed by atoms with van der Waals surface area (Å²) in [5.74, 6) is 2.00. The minimum absolute atomic E-state index is 0.275. The van der Waals surface area contributed by atoms with Gasteiger partial charge in [-0.1, -0.05) is 11.2 Å². The van der Waals surface area contributed by atoms with Crippen LogP contribution in [0.15, 0.2) is 18.3 Å². The van der Waals surface area contributed by atoms with Gasteiger partial charge in [0.25, 0.3) is 0 Å². The summed E-state index contributed by atoms with van der Waals surface area (Å²) in [5.41, 5.74) is 0.518. The molecule has 0 atom stereocenters. The highest BCUT2D eigenvalue weighted by Gasteiger charge is 2.44. The third-order valence-corrected chi connectivity index (χ3v) is 8.25. The molecule has 1 aromatic heterocycles. The minimum atomic E-state index is -4.32. The lowest BCUT2D eigenvalue weighted by molar-refractivity contribution is -0.137. The van der Waals surface area contributed by atoms with Crippen LogP contribution in [0.25, 0.3) is 0 Å². The lowest BCUT2D eigenvalue weighted by atomic mass is 9.80. The van der Waals surface area contributed by atoms with Crippen molar-refractivity contribution in [2.24, 2.45) is 5.41 Å². The van der Waals surface area contributed by atoms with Gasteiger partial charge in [0.15, 0.2) is 0 Å². The van der Waals surface area contributed by atoms with Gasteiger partial charge in [0, 0.05) is 30.4 Å². The summed E-state index contributed by atoms with van der Waals surface area (Å²) in [4.78, 5) is 6.73. The van der Waals surface area contributed by atoms with Crippen LogP contribution in [0.4, 0.5) is 13.2 Å². The average Bonchev–Trinajstić information content (AvgIpc) is 3.08. The Morgan fingerprint density at radius 1 is 1.07 bits per heavy atom. The van der Waals surface area contributed by atoms with Gasteiger partial charge in [-0.05, 0) is 69.0 Å². The molecule has 3 nitrogen and oxygen atoms in total. The Morgan fingerprint density at radius 2 is 1.78 bits per heavy atom. The van der Waals surface area contributed by atoms with Crippen molar-refractivity contribution in [3.05, 3.63) is 29.6 Å². The number of aromatic nitrogens is 1. The fraction of sp³-hybridized carbons (Fsp3) is 0.750. The average molecular weight is 401 g/mol. The van der Waals surface area contributed by atoms with Crippen molar-refractivity contribution in [1.82, 2.24) is 9.88 Å². The standard InChI is InChI=1S/C20H27F3N2OS/c21-20(22,23)16-3-6-18(24-13-16)15-1-4-17(5-2-15)25-10-7-19(14-25)8-11-27(26)12-9-19/h3,6,13,15,17H,1-2,4-5,7-12,14H2. The van der Waals surface area contributed by atoms with E-state index in [0.29, 0.717) is 11.5 Å². The van der Waals surface area contributed by atoms with Gasteiger partial charge in [0.2, 0.25) is 0 Å². The van der Waals surface area contributed by atoms with Crippen molar-refractivity contribution in [2.75, 3.05) is 24.6 Å². The second-order valence-corrected chi connectivity index (χ2v) is 10.2. The van der Waals surface area contributed by atoms with Gasteiger partial charge in [0.05, 0.1) is 5.56 Å². The molecule has 0 aromatic carbocycles. The van der Waals surface area contributed by atoms with Crippen molar-refractivity contribution in [3.8, 4) is 0 Å². The molecular formula is C20H27F3N2OS.